The van der Waals surface area contributed by atoms with E-state index >= 15 is 0 Å². The van der Waals surface area contributed by atoms with Crippen molar-refractivity contribution >= 4 is 28.9 Å². The minimum absolute atomic E-state index is 0.0238. The molecule has 1 fully saturated rings. The SMILES string of the molecule is CC(C)(C)OC(=O)n1ccc2nc(NC(=O)[C@H]3C[C@H](OCc4ccccc4)CN3)ccc21. The fourth-order valence-corrected chi connectivity index (χ4v) is 3.59. The number of amides is 1. The highest BCUT2D eigenvalue weighted by Gasteiger charge is 2.30. The fourth-order valence-electron chi connectivity index (χ4n) is 3.59. The summed E-state index contributed by atoms with van der Waals surface area (Å²) >= 11 is 0. The summed E-state index contributed by atoms with van der Waals surface area (Å²) in [6.07, 6.45) is 1.72. The van der Waals surface area contributed by atoms with Crippen LogP contribution in [0.4, 0.5) is 10.6 Å². The molecule has 3 heterocycles. The van der Waals surface area contributed by atoms with Gasteiger partial charge in [-0.25, -0.2) is 9.78 Å². The zero-order valence-corrected chi connectivity index (χ0v) is 18.5. The monoisotopic (exact) mass is 436 g/mol. The molecule has 1 amide bonds. The third-order valence-corrected chi connectivity index (χ3v) is 5.12. The van der Waals surface area contributed by atoms with Crippen LogP contribution in [0.3, 0.4) is 0 Å². The van der Waals surface area contributed by atoms with Gasteiger partial charge in [-0.2, -0.15) is 0 Å². The van der Waals surface area contributed by atoms with Crippen LogP contribution in [0.15, 0.2) is 54.7 Å². The maximum Gasteiger partial charge on any atom is 0.419 e. The van der Waals surface area contributed by atoms with E-state index in [1.165, 1.54) is 4.57 Å². The molecule has 8 nitrogen and oxygen atoms in total. The Balaban J connectivity index is 1.34. The molecule has 0 bridgehead atoms. The summed E-state index contributed by atoms with van der Waals surface area (Å²) in [7, 11) is 0. The number of benzene rings is 1. The van der Waals surface area contributed by atoms with Crippen molar-refractivity contribution in [2.45, 2.75) is 51.5 Å². The van der Waals surface area contributed by atoms with Gasteiger partial charge in [-0.3, -0.25) is 9.36 Å². The van der Waals surface area contributed by atoms with E-state index in [0.717, 1.165) is 5.56 Å². The number of ether oxygens (including phenoxy) is 2. The van der Waals surface area contributed by atoms with E-state index in [9.17, 15) is 9.59 Å². The maximum atomic E-state index is 12.7. The summed E-state index contributed by atoms with van der Waals surface area (Å²) < 4.78 is 12.8. The van der Waals surface area contributed by atoms with Crippen LogP contribution in [0.5, 0.6) is 0 Å². The lowest BCUT2D eigenvalue weighted by atomic mass is 10.2. The Kier molecular flexibility index (Phi) is 6.25. The molecule has 0 aliphatic carbocycles. The molecular formula is C24H28N4O4. The Hall–Kier alpha value is -3.23. The molecule has 168 valence electrons. The Morgan fingerprint density at radius 1 is 1.16 bits per heavy atom. The molecule has 4 rings (SSSR count). The molecule has 8 heteroatoms. The molecule has 2 N–H and O–H groups in total. The van der Waals surface area contributed by atoms with Crippen molar-refractivity contribution < 1.29 is 19.1 Å². The number of pyridine rings is 1. The molecule has 2 aromatic heterocycles. The summed E-state index contributed by atoms with van der Waals surface area (Å²) in [6, 6.07) is 14.8. The molecule has 2 atom stereocenters. The van der Waals surface area contributed by atoms with Gasteiger partial charge >= 0.3 is 6.09 Å². The van der Waals surface area contributed by atoms with E-state index in [2.05, 4.69) is 15.6 Å². The van der Waals surface area contributed by atoms with Gasteiger partial charge in [-0.15, -0.1) is 0 Å². The van der Waals surface area contributed by atoms with Crippen molar-refractivity contribution in [3.63, 3.8) is 0 Å². The summed E-state index contributed by atoms with van der Waals surface area (Å²) in [5, 5.41) is 6.06. The molecule has 1 saturated heterocycles. The van der Waals surface area contributed by atoms with Crippen LogP contribution in [0, 0.1) is 0 Å². The lowest BCUT2D eigenvalue weighted by Crippen LogP contribution is -2.35. The molecule has 3 aromatic rings. The average Bonchev–Trinajstić information content (AvgIpc) is 3.39. The van der Waals surface area contributed by atoms with E-state index in [0.29, 0.717) is 36.4 Å². The van der Waals surface area contributed by atoms with Crippen molar-refractivity contribution in [3.05, 3.63) is 60.3 Å². The first-order chi connectivity index (χ1) is 15.3. The quantitative estimate of drug-likeness (QED) is 0.633. The standard InChI is InChI=1S/C24H28N4O4/c1-24(2,3)32-23(30)28-12-11-18-20(28)9-10-21(26-18)27-22(29)19-13-17(14-25-19)31-15-16-7-5-4-6-8-16/h4-12,17,19,25H,13-15H2,1-3H3,(H,26,27,29)/t17-,19+/m0/s1. The van der Waals surface area contributed by atoms with Gasteiger partial charge in [0.1, 0.15) is 11.4 Å². The van der Waals surface area contributed by atoms with Crippen LogP contribution in [-0.2, 0) is 20.9 Å². The van der Waals surface area contributed by atoms with Gasteiger partial charge in [-0.1, -0.05) is 30.3 Å². The summed E-state index contributed by atoms with van der Waals surface area (Å²) in [5.41, 5.74) is 1.73. The average molecular weight is 437 g/mol. The minimum Gasteiger partial charge on any atom is -0.443 e. The minimum atomic E-state index is -0.591. The molecule has 32 heavy (non-hydrogen) atoms. The van der Waals surface area contributed by atoms with Crippen LogP contribution in [0.1, 0.15) is 32.8 Å². The smallest absolute Gasteiger partial charge is 0.419 e. The lowest BCUT2D eigenvalue weighted by molar-refractivity contribution is -0.118. The summed E-state index contributed by atoms with van der Waals surface area (Å²) in [5.74, 6) is 0.272. The number of carbonyl (C=O) groups excluding carboxylic acids is 2. The van der Waals surface area contributed by atoms with E-state index < -0.39 is 11.7 Å². The van der Waals surface area contributed by atoms with Crippen LogP contribution in [0.25, 0.3) is 11.0 Å². The number of anilines is 1. The van der Waals surface area contributed by atoms with Gasteiger partial charge in [0.15, 0.2) is 0 Å². The maximum absolute atomic E-state index is 12.7. The first-order valence-electron chi connectivity index (χ1n) is 10.7. The summed E-state index contributed by atoms with van der Waals surface area (Å²) in [6.45, 7) is 6.59. The van der Waals surface area contributed by atoms with E-state index in [1.54, 1.807) is 24.4 Å². The normalized spacial score (nSPS) is 18.6. The first-order valence-corrected chi connectivity index (χ1v) is 10.7. The van der Waals surface area contributed by atoms with Crippen molar-refractivity contribution in [2.75, 3.05) is 11.9 Å². The van der Waals surface area contributed by atoms with Crippen LogP contribution in [-0.4, -0.2) is 45.8 Å². The second kappa shape index (κ2) is 9.10. The predicted octanol–water partition coefficient (Wildman–Crippen LogP) is 3.71. The first kappa shape index (κ1) is 22.0. The molecule has 1 aliphatic rings. The highest BCUT2D eigenvalue weighted by molar-refractivity contribution is 5.96. The number of hydrogen-bond donors (Lipinski definition) is 2. The number of rotatable bonds is 5. The zero-order valence-electron chi connectivity index (χ0n) is 18.5. The third kappa shape index (κ3) is 5.33. The van der Waals surface area contributed by atoms with Gasteiger partial charge in [-0.05, 0) is 51.0 Å². The topological polar surface area (TPSA) is 94.5 Å². The number of nitrogens with one attached hydrogen (secondary N) is 2. The number of nitrogens with zero attached hydrogens (tertiary/aromatic N) is 2. The van der Waals surface area contributed by atoms with Crippen molar-refractivity contribution in [1.29, 1.82) is 0 Å². The van der Waals surface area contributed by atoms with E-state index in [4.69, 9.17) is 9.47 Å². The van der Waals surface area contributed by atoms with Gasteiger partial charge in [0, 0.05) is 12.7 Å². The number of aromatic nitrogens is 2. The van der Waals surface area contributed by atoms with Gasteiger partial charge in [0.25, 0.3) is 0 Å². The number of fused-ring (bicyclic) bond motifs is 1. The second-order valence-electron chi connectivity index (χ2n) is 8.87. The number of hydrogen-bond acceptors (Lipinski definition) is 6. The van der Waals surface area contributed by atoms with E-state index in [1.807, 2.05) is 51.1 Å². The Bertz CT molecular complexity index is 1100. The highest BCUT2D eigenvalue weighted by atomic mass is 16.6. The highest BCUT2D eigenvalue weighted by Crippen LogP contribution is 2.20. The third-order valence-electron chi connectivity index (χ3n) is 5.12. The summed E-state index contributed by atoms with van der Waals surface area (Å²) in [4.78, 5) is 29.5. The second-order valence-corrected chi connectivity index (χ2v) is 8.87. The van der Waals surface area contributed by atoms with Crippen LogP contribution < -0.4 is 10.6 Å². The van der Waals surface area contributed by atoms with Crippen LogP contribution >= 0.6 is 0 Å². The molecular weight excluding hydrogens is 408 g/mol. The molecule has 0 spiro atoms. The van der Waals surface area contributed by atoms with Crippen molar-refractivity contribution in [1.82, 2.24) is 14.9 Å². The largest absolute Gasteiger partial charge is 0.443 e. The Morgan fingerprint density at radius 2 is 1.94 bits per heavy atom. The molecule has 0 radical (unpaired) electrons. The van der Waals surface area contributed by atoms with Crippen LogP contribution in [0.2, 0.25) is 0 Å². The fraction of sp³-hybridized carbons (Fsp3) is 0.375. The predicted molar refractivity (Wildman–Crippen MR) is 121 cm³/mol. The lowest BCUT2D eigenvalue weighted by Gasteiger charge is -2.19. The molecule has 1 aromatic carbocycles. The van der Waals surface area contributed by atoms with Gasteiger partial charge < -0.3 is 20.1 Å². The van der Waals surface area contributed by atoms with Crippen molar-refractivity contribution in [3.8, 4) is 0 Å². The molecule has 0 unspecified atom stereocenters. The van der Waals surface area contributed by atoms with E-state index in [-0.39, 0.29) is 18.1 Å². The van der Waals surface area contributed by atoms with Crippen molar-refractivity contribution in [2.24, 2.45) is 0 Å². The molecule has 1 aliphatic heterocycles. The number of carbonyl (C=O) groups is 2. The Morgan fingerprint density at radius 3 is 2.69 bits per heavy atom. The van der Waals surface area contributed by atoms with Gasteiger partial charge in [0.2, 0.25) is 5.91 Å². The zero-order chi connectivity index (χ0) is 22.7. The Labute approximate surface area is 186 Å². The molecule has 0 saturated carbocycles. The van der Waals surface area contributed by atoms with Gasteiger partial charge in [0.05, 0.1) is 29.8 Å².